The Labute approximate surface area is 108 Å². The molecule has 0 aromatic heterocycles. The van der Waals surface area contributed by atoms with Crippen molar-refractivity contribution in [1.29, 1.82) is 0 Å². The van der Waals surface area contributed by atoms with Gasteiger partial charge >= 0.3 is 6.03 Å². The molecule has 0 aromatic carbocycles. The van der Waals surface area contributed by atoms with Gasteiger partial charge < -0.3 is 10.6 Å². The van der Waals surface area contributed by atoms with Crippen molar-refractivity contribution >= 4 is 11.9 Å². The van der Waals surface area contributed by atoms with E-state index in [1.165, 1.54) is 0 Å². The molecule has 1 aliphatic rings. The van der Waals surface area contributed by atoms with E-state index in [0.29, 0.717) is 6.54 Å². The normalized spacial score (nSPS) is 19.3. The predicted octanol–water partition coefficient (Wildman–Crippen LogP) is -0.0940. The third-order valence-corrected chi connectivity index (χ3v) is 3.52. The van der Waals surface area contributed by atoms with Crippen molar-refractivity contribution in [2.45, 2.75) is 32.2 Å². The summed E-state index contributed by atoms with van der Waals surface area (Å²) < 4.78 is 0. The topological polar surface area (TPSA) is 73.5 Å². The first kappa shape index (κ1) is 14.9. The molecular weight excluding hydrogens is 232 g/mol. The molecule has 0 saturated carbocycles. The van der Waals surface area contributed by atoms with Crippen molar-refractivity contribution < 1.29 is 9.59 Å². The standard InChI is InChI=1S/C12H24N4O2/c1-4-14-11(18)15-10(17)9-16-7-5-12(2,13-3)6-8-16/h13H,4-9H2,1-3H3,(H2,14,15,17,18). The minimum absolute atomic E-state index is 0.173. The zero-order chi connectivity index (χ0) is 13.6. The largest absolute Gasteiger partial charge is 0.338 e. The molecule has 0 radical (unpaired) electrons. The van der Waals surface area contributed by atoms with Crippen molar-refractivity contribution in [2.75, 3.05) is 33.2 Å². The highest BCUT2D eigenvalue weighted by Crippen LogP contribution is 2.20. The molecule has 6 heteroatoms. The fourth-order valence-electron chi connectivity index (χ4n) is 2.03. The van der Waals surface area contributed by atoms with Gasteiger partial charge in [0.1, 0.15) is 0 Å². The Morgan fingerprint density at radius 2 is 1.89 bits per heavy atom. The summed E-state index contributed by atoms with van der Waals surface area (Å²) in [5.74, 6) is -0.242. The van der Waals surface area contributed by atoms with Crippen molar-refractivity contribution in [3.63, 3.8) is 0 Å². The van der Waals surface area contributed by atoms with E-state index in [-0.39, 0.29) is 18.0 Å². The number of urea groups is 1. The number of hydrogen-bond acceptors (Lipinski definition) is 4. The Kier molecular flexibility index (Phi) is 5.55. The van der Waals surface area contributed by atoms with E-state index in [1.54, 1.807) is 0 Å². The van der Waals surface area contributed by atoms with Gasteiger partial charge in [-0.1, -0.05) is 0 Å². The molecule has 1 heterocycles. The summed E-state index contributed by atoms with van der Waals surface area (Å²) in [5.41, 5.74) is 0.173. The summed E-state index contributed by atoms with van der Waals surface area (Å²) in [7, 11) is 1.97. The monoisotopic (exact) mass is 256 g/mol. The second kappa shape index (κ2) is 6.70. The van der Waals surface area contributed by atoms with Crippen molar-refractivity contribution in [3.8, 4) is 0 Å². The minimum Gasteiger partial charge on any atom is -0.338 e. The second-order valence-electron chi connectivity index (χ2n) is 4.99. The van der Waals surface area contributed by atoms with Gasteiger partial charge in [0, 0.05) is 25.2 Å². The summed E-state index contributed by atoms with van der Waals surface area (Å²) in [5, 5.41) is 8.16. The molecule has 1 aliphatic heterocycles. The third kappa shape index (κ3) is 4.62. The lowest BCUT2D eigenvalue weighted by Crippen LogP contribution is -2.52. The van der Waals surface area contributed by atoms with Crippen molar-refractivity contribution in [3.05, 3.63) is 0 Å². The predicted molar refractivity (Wildman–Crippen MR) is 70.4 cm³/mol. The molecule has 3 N–H and O–H groups in total. The van der Waals surface area contributed by atoms with Crippen LogP contribution >= 0.6 is 0 Å². The third-order valence-electron chi connectivity index (χ3n) is 3.52. The smallest absolute Gasteiger partial charge is 0.321 e. The average molecular weight is 256 g/mol. The molecule has 0 aromatic rings. The van der Waals surface area contributed by atoms with Gasteiger partial charge in [0.2, 0.25) is 5.91 Å². The highest BCUT2D eigenvalue weighted by molar-refractivity contribution is 5.95. The molecule has 6 nitrogen and oxygen atoms in total. The Balaban J connectivity index is 2.28. The fraction of sp³-hybridized carbons (Fsp3) is 0.833. The van der Waals surface area contributed by atoms with Crippen LogP contribution in [-0.4, -0.2) is 55.6 Å². The van der Waals surface area contributed by atoms with Crippen LogP contribution in [0.1, 0.15) is 26.7 Å². The van der Waals surface area contributed by atoms with Gasteiger partial charge in [0.05, 0.1) is 6.54 Å². The van der Waals surface area contributed by atoms with Crippen LogP contribution in [0.25, 0.3) is 0 Å². The number of imide groups is 1. The zero-order valence-electron chi connectivity index (χ0n) is 11.5. The van der Waals surface area contributed by atoms with Gasteiger partial charge in [0.25, 0.3) is 0 Å². The number of carbonyl (C=O) groups is 2. The summed E-state index contributed by atoms with van der Waals surface area (Å²) in [6, 6.07) is -0.417. The van der Waals surface area contributed by atoms with Gasteiger partial charge in [-0.3, -0.25) is 15.0 Å². The number of nitrogens with one attached hydrogen (secondary N) is 3. The van der Waals surface area contributed by atoms with Crippen LogP contribution < -0.4 is 16.0 Å². The first-order chi connectivity index (χ1) is 8.49. The lowest BCUT2D eigenvalue weighted by Gasteiger charge is -2.38. The Hall–Kier alpha value is -1.14. The van der Waals surface area contributed by atoms with Crippen molar-refractivity contribution in [1.82, 2.24) is 20.9 Å². The van der Waals surface area contributed by atoms with E-state index >= 15 is 0 Å². The molecule has 1 rings (SSSR count). The highest BCUT2D eigenvalue weighted by atomic mass is 16.2. The highest BCUT2D eigenvalue weighted by Gasteiger charge is 2.28. The van der Waals surface area contributed by atoms with E-state index in [0.717, 1.165) is 25.9 Å². The summed E-state index contributed by atoms with van der Waals surface area (Å²) >= 11 is 0. The van der Waals surface area contributed by atoms with Crippen molar-refractivity contribution in [2.24, 2.45) is 0 Å². The van der Waals surface area contributed by atoms with Crippen LogP contribution in [0.4, 0.5) is 4.79 Å². The van der Waals surface area contributed by atoms with E-state index in [1.807, 2.05) is 14.0 Å². The first-order valence-corrected chi connectivity index (χ1v) is 6.48. The van der Waals surface area contributed by atoms with Crippen LogP contribution in [-0.2, 0) is 4.79 Å². The number of amides is 3. The maximum absolute atomic E-state index is 11.6. The Morgan fingerprint density at radius 3 is 2.39 bits per heavy atom. The minimum atomic E-state index is -0.417. The maximum atomic E-state index is 11.6. The van der Waals surface area contributed by atoms with Crippen LogP contribution in [0, 0.1) is 0 Å². The molecule has 0 bridgehead atoms. The molecular formula is C12H24N4O2. The van der Waals surface area contributed by atoms with Gasteiger partial charge in [0.15, 0.2) is 0 Å². The molecule has 18 heavy (non-hydrogen) atoms. The molecule has 104 valence electrons. The van der Waals surface area contributed by atoms with Crippen LogP contribution in [0.5, 0.6) is 0 Å². The second-order valence-corrected chi connectivity index (χ2v) is 4.99. The summed E-state index contributed by atoms with van der Waals surface area (Å²) in [4.78, 5) is 24.8. The molecule has 0 atom stereocenters. The van der Waals surface area contributed by atoms with E-state index in [2.05, 4.69) is 27.8 Å². The molecule has 1 fully saturated rings. The number of hydrogen-bond donors (Lipinski definition) is 3. The average Bonchev–Trinajstić information content (AvgIpc) is 2.32. The van der Waals surface area contributed by atoms with E-state index in [4.69, 9.17) is 0 Å². The zero-order valence-corrected chi connectivity index (χ0v) is 11.5. The van der Waals surface area contributed by atoms with Gasteiger partial charge in [-0.25, -0.2) is 4.79 Å². The van der Waals surface area contributed by atoms with Crippen LogP contribution in [0.2, 0.25) is 0 Å². The summed E-state index contributed by atoms with van der Waals surface area (Å²) in [6.07, 6.45) is 2.02. The van der Waals surface area contributed by atoms with Gasteiger partial charge in [-0.15, -0.1) is 0 Å². The number of piperidine rings is 1. The maximum Gasteiger partial charge on any atom is 0.321 e. The fourth-order valence-corrected chi connectivity index (χ4v) is 2.03. The number of carbonyl (C=O) groups excluding carboxylic acids is 2. The lowest BCUT2D eigenvalue weighted by atomic mass is 9.90. The van der Waals surface area contributed by atoms with Crippen LogP contribution in [0.15, 0.2) is 0 Å². The summed E-state index contributed by atoms with van der Waals surface area (Å²) in [6.45, 7) is 6.56. The van der Waals surface area contributed by atoms with Gasteiger partial charge in [-0.05, 0) is 33.7 Å². The molecule has 1 saturated heterocycles. The number of likely N-dealkylation sites (tertiary alicyclic amines) is 1. The molecule has 0 unspecified atom stereocenters. The Morgan fingerprint density at radius 1 is 1.28 bits per heavy atom. The first-order valence-electron chi connectivity index (χ1n) is 6.48. The van der Waals surface area contributed by atoms with Crippen LogP contribution in [0.3, 0.4) is 0 Å². The van der Waals surface area contributed by atoms with E-state index < -0.39 is 6.03 Å². The quantitative estimate of drug-likeness (QED) is 0.657. The lowest BCUT2D eigenvalue weighted by molar-refractivity contribution is -0.121. The Bertz CT molecular complexity index is 298. The number of rotatable bonds is 4. The number of nitrogens with zero attached hydrogens (tertiary/aromatic N) is 1. The molecule has 0 aliphatic carbocycles. The molecule has 0 spiro atoms. The SMILES string of the molecule is CCNC(=O)NC(=O)CN1CCC(C)(NC)CC1. The molecule has 3 amide bonds. The van der Waals surface area contributed by atoms with Gasteiger partial charge in [-0.2, -0.15) is 0 Å². The van der Waals surface area contributed by atoms with E-state index in [9.17, 15) is 9.59 Å².